The van der Waals surface area contributed by atoms with E-state index in [0.29, 0.717) is 23.8 Å². The highest BCUT2D eigenvalue weighted by atomic mass is 16.5. The number of ether oxygens (including phenoxy) is 1. The summed E-state index contributed by atoms with van der Waals surface area (Å²) in [4.78, 5) is 0. The van der Waals surface area contributed by atoms with Gasteiger partial charge in [-0.3, -0.25) is 0 Å². The molecule has 0 spiro atoms. The van der Waals surface area contributed by atoms with Gasteiger partial charge in [-0.05, 0) is 24.5 Å². The number of phenols is 1. The van der Waals surface area contributed by atoms with Crippen molar-refractivity contribution in [2.24, 2.45) is 5.92 Å². The fourth-order valence-corrected chi connectivity index (χ4v) is 1.90. The minimum atomic E-state index is 0.226. The lowest BCUT2D eigenvalue weighted by Crippen LogP contribution is -2.08. The Bertz CT molecular complexity index is 371. The van der Waals surface area contributed by atoms with Gasteiger partial charge in [-0.2, -0.15) is 0 Å². The third kappa shape index (κ3) is 4.44. The van der Waals surface area contributed by atoms with Crippen molar-refractivity contribution in [1.82, 2.24) is 0 Å². The van der Waals surface area contributed by atoms with Crippen molar-refractivity contribution in [3.05, 3.63) is 36.4 Å². The van der Waals surface area contributed by atoms with E-state index >= 15 is 0 Å². The van der Waals surface area contributed by atoms with Crippen LogP contribution in [0.3, 0.4) is 0 Å². The monoisotopic (exact) mass is 248 g/mol. The van der Waals surface area contributed by atoms with E-state index in [2.05, 4.69) is 20.4 Å². The van der Waals surface area contributed by atoms with Gasteiger partial charge >= 0.3 is 0 Å². The third-order valence-electron chi connectivity index (χ3n) is 3.24. The molecule has 1 aromatic rings. The maximum absolute atomic E-state index is 9.70. The molecule has 0 aliphatic carbocycles. The van der Waals surface area contributed by atoms with Gasteiger partial charge in [0, 0.05) is 0 Å². The second-order valence-electron chi connectivity index (χ2n) is 4.67. The molecule has 1 unspecified atom stereocenters. The summed E-state index contributed by atoms with van der Waals surface area (Å²) in [7, 11) is 0. The van der Waals surface area contributed by atoms with Gasteiger partial charge in [0.1, 0.15) is 11.5 Å². The predicted octanol–water partition coefficient (Wildman–Crippen LogP) is 4.60. The first-order valence-electron chi connectivity index (χ1n) is 6.79. The molecule has 0 aliphatic rings. The number of aromatic hydroxyl groups is 1. The summed E-state index contributed by atoms with van der Waals surface area (Å²) in [6.07, 6.45) is 4.77. The second-order valence-corrected chi connectivity index (χ2v) is 4.67. The molecule has 100 valence electrons. The summed E-state index contributed by atoms with van der Waals surface area (Å²) >= 11 is 0. The van der Waals surface area contributed by atoms with Crippen molar-refractivity contribution in [1.29, 1.82) is 0 Å². The number of unbranched alkanes of at least 4 members (excludes halogenated alkanes) is 1. The molecule has 0 saturated heterocycles. The van der Waals surface area contributed by atoms with E-state index in [0.717, 1.165) is 6.42 Å². The van der Waals surface area contributed by atoms with Crippen LogP contribution < -0.4 is 0 Å². The van der Waals surface area contributed by atoms with Gasteiger partial charge in [-0.15, -0.1) is 0 Å². The zero-order valence-corrected chi connectivity index (χ0v) is 11.5. The molecule has 0 radical (unpaired) electrons. The molecular weight excluding hydrogens is 224 g/mol. The van der Waals surface area contributed by atoms with Gasteiger partial charge in [-0.1, -0.05) is 51.8 Å². The summed E-state index contributed by atoms with van der Waals surface area (Å²) in [5.41, 5.74) is 0.683. The average Bonchev–Trinajstić information content (AvgIpc) is 2.39. The molecule has 0 heterocycles. The molecule has 2 nitrogen and oxygen atoms in total. The van der Waals surface area contributed by atoms with Gasteiger partial charge in [0.25, 0.3) is 0 Å². The largest absolute Gasteiger partial charge is 0.507 e. The van der Waals surface area contributed by atoms with E-state index < -0.39 is 0 Å². The van der Waals surface area contributed by atoms with Crippen molar-refractivity contribution in [2.75, 3.05) is 6.61 Å². The first-order chi connectivity index (χ1) is 8.69. The molecular formula is C16H24O2. The Hall–Kier alpha value is -1.44. The highest BCUT2D eigenvalue weighted by Gasteiger charge is 2.10. The van der Waals surface area contributed by atoms with Gasteiger partial charge in [0.15, 0.2) is 0 Å². The lowest BCUT2D eigenvalue weighted by molar-refractivity contribution is 0.203. The lowest BCUT2D eigenvalue weighted by atomic mass is 10.0. The molecule has 1 aromatic carbocycles. The van der Waals surface area contributed by atoms with Crippen molar-refractivity contribution < 1.29 is 9.84 Å². The summed E-state index contributed by atoms with van der Waals surface area (Å²) in [6.45, 7) is 8.96. The van der Waals surface area contributed by atoms with E-state index in [1.165, 1.54) is 19.3 Å². The van der Waals surface area contributed by atoms with Crippen LogP contribution in [0.25, 0.3) is 5.76 Å². The summed E-state index contributed by atoms with van der Waals surface area (Å²) in [5, 5.41) is 9.70. The van der Waals surface area contributed by atoms with Crippen molar-refractivity contribution >= 4 is 5.76 Å². The third-order valence-corrected chi connectivity index (χ3v) is 3.24. The molecule has 1 N–H and O–H groups in total. The Morgan fingerprint density at radius 1 is 1.33 bits per heavy atom. The smallest absolute Gasteiger partial charge is 0.126 e. The van der Waals surface area contributed by atoms with Crippen LogP contribution in [-0.2, 0) is 4.74 Å². The maximum atomic E-state index is 9.70. The average molecular weight is 248 g/mol. The number of phenolic OH excluding ortho intramolecular Hbond substituents is 1. The summed E-state index contributed by atoms with van der Waals surface area (Å²) in [6, 6.07) is 7.14. The van der Waals surface area contributed by atoms with Crippen LogP contribution in [0, 0.1) is 5.92 Å². The topological polar surface area (TPSA) is 29.5 Å². The van der Waals surface area contributed by atoms with Gasteiger partial charge in [-0.25, -0.2) is 0 Å². The van der Waals surface area contributed by atoms with Crippen LogP contribution in [0.1, 0.15) is 45.1 Å². The van der Waals surface area contributed by atoms with E-state index in [4.69, 9.17) is 4.74 Å². The lowest BCUT2D eigenvalue weighted by Gasteiger charge is -2.17. The zero-order chi connectivity index (χ0) is 13.4. The number of rotatable bonds is 8. The quantitative estimate of drug-likeness (QED) is 0.681. The number of hydrogen-bond acceptors (Lipinski definition) is 2. The molecule has 18 heavy (non-hydrogen) atoms. The minimum absolute atomic E-state index is 0.226. The maximum Gasteiger partial charge on any atom is 0.126 e. The zero-order valence-electron chi connectivity index (χ0n) is 11.5. The van der Waals surface area contributed by atoms with Crippen LogP contribution in [0.2, 0.25) is 0 Å². The first-order valence-corrected chi connectivity index (χ1v) is 6.79. The van der Waals surface area contributed by atoms with Crippen LogP contribution in [0.15, 0.2) is 30.8 Å². The molecule has 0 amide bonds. The van der Waals surface area contributed by atoms with E-state index in [1.807, 2.05) is 12.1 Å². The first kappa shape index (κ1) is 14.6. The Labute approximate surface area is 110 Å². The van der Waals surface area contributed by atoms with Crippen LogP contribution in [-0.4, -0.2) is 11.7 Å². The standard InChI is InChI=1S/C16H24O2/c1-4-6-9-14(5-2)12-18-13(3)15-10-7-8-11-16(15)17/h7-8,10-11,14,17H,3-6,9,12H2,1-2H3. The van der Waals surface area contributed by atoms with Crippen LogP contribution in [0.5, 0.6) is 5.75 Å². The molecule has 1 atom stereocenters. The van der Waals surface area contributed by atoms with E-state index in [1.54, 1.807) is 12.1 Å². The fraction of sp³-hybridized carbons (Fsp3) is 0.500. The minimum Gasteiger partial charge on any atom is -0.507 e. The van der Waals surface area contributed by atoms with Crippen molar-refractivity contribution in [3.8, 4) is 5.75 Å². The van der Waals surface area contributed by atoms with E-state index in [-0.39, 0.29) is 5.75 Å². The highest BCUT2D eigenvalue weighted by molar-refractivity contribution is 5.63. The predicted molar refractivity (Wildman–Crippen MR) is 76.4 cm³/mol. The summed E-state index contributed by atoms with van der Waals surface area (Å²) in [5.74, 6) is 1.36. The molecule has 2 heteroatoms. The fourth-order valence-electron chi connectivity index (χ4n) is 1.90. The Morgan fingerprint density at radius 3 is 2.67 bits per heavy atom. The molecule has 1 rings (SSSR count). The van der Waals surface area contributed by atoms with Gasteiger partial charge in [0.2, 0.25) is 0 Å². The number of benzene rings is 1. The van der Waals surface area contributed by atoms with Crippen LogP contribution >= 0.6 is 0 Å². The van der Waals surface area contributed by atoms with Crippen LogP contribution in [0.4, 0.5) is 0 Å². The number of para-hydroxylation sites is 1. The van der Waals surface area contributed by atoms with Crippen molar-refractivity contribution in [2.45, 2.75) is 39.5 Å². The molecule has 0 aromatic heterocycles. The normalized spacial score (nSPS) is 12.1. The molecule has 0 fully saturated rings. The summed E-state index contributed by atoms with van der Waals surface area (Å²) < 4.78 is 5.70. The van der Waals surface area contributed by atoms with E-state index in [9.17, 15) is 5.11 Å². The Morgan fingerprint density at radius 2 is 2.06 bits per heavy atom. The molecule has 0 aliphatic heterocycles. The highest BCUT2D eigenvalue weighted by Crippen LogP contribution is 2.25. The Kier molecular flexibility index (Phi) is 6.34. The Balaban J connectivity index is 2.47. The van der Waals surface area contributed by atoms with Crippen molar-refractivity contribution in [3.63, 3.8) is 0 Å². The van der Waals surface area contributed by atoms with Gasteiger partial charge in [0.05, 0.1) is 12.2 Å². The molecule has 0 saturated carbocycles. The van der Waals surface area contributed by atoms with Gasteiger partial charge < -0.3 is 9.84 Å². The number of hydrogen-bond donors (Lipinski definition) is 1. The molecule has 0 bridgehead atoms. The second kappa shape index (κ2) is 7.80. The SMILES string of the molecule is C=C(OCC(CC)CCCC)c1ccccc1O.